The fourth-order valence-electron chi connectivity index (χ4n) is 5.16. The monoisotopic (exact) mass is 209 g/mol. The van der Waals surface area contributed by atoms with Crippen LogP contribution in [0.5, 0.6) is 0 Å². The van der Waals surface area contributed by atoms with Crippen molar-refractivity contribution >= 4 is 5.97 Å². The Balaban J connectivity index is 1.89. The molecule has 3 N–H and O–H groups in total. The number of aliphatic carboxylic acids is 1. The molecule has 84 valence electrons. The fraction of sp³-hybridized carbons (Fsp3) is 0.917. The summed E-state index contributed by atoms with van der Waals surface area (Å²) in [6.07, 6.45) is 7.34. The lowest BCUT2D eigenvalue weighted by molar-refractivity contribution is -0.510. The Hall–Kier alpha value is -0.570. The quantitative estimate of drug-likeness (QED) is 0.679. The van der Waals surface area contributed by atoms with Gasteiger partial charge in [-0.25, -0.2) is 0 Å². The Morgan fingerprint density at radius 2 is 1.87 bits per heavy atom. The zero-order valence-corrected chi connectivity index (χ0v) is 9.13. The third-order valence-electron chi connectivity index (χ3n) is 4.82. The molecule has 4 fully saturated rings. The number of hydrogen-bond acceptors (Lipinski definition) is 2. The molecule has 4 bridgehead atoms. The minimum absolute atomic E-state index is 0.0602. The summed E-state index contributed by atoms with van der Waals surface area (Å²) < 4.78 is 0. The van der Waals surface area contributed by atoms with Gasteiger partial charge in [0.1, 0.15) is 0 Å². The van der Waals surface area contributed by atoms with Crippen LogP contribution in [0, 0.1) is 17.3 Å². The van der Waals surface area contributed by atoms with Crippen molar-refractivity contribution < 1.29 is 15.6 Å². The second-order valence-electron chi connectivity index (χ2n) is 6.51. The van der Waals surface area contributed by atoms with E-state index >= 15 is 0 Å². The first-order valence-electron chi connectivity index (χ1n) is 6.04. The lowest BCUT2D eigenvalue weighted by atomic mass is 9.46. The van der Waals surface area contributed by atoms with Gasteiger partial charge < -0.3 is 15.6 Å². The largest absolute Gasteiger partial charge is 0.550 e. The maximum atomic E-state index is 10.9. The van der Waals surface area contributed by atoms with Crippen molar-refractivity contribution in [1.82, 2.24) is 0 Å². The van der Waals surface area contributed by atoms with Crippen LogP contribution in [0.1, 0.15) is 44.9 Å². The van der Waals surface area contributed by atoms with Gasteiger partial charge in [-0.3, -0.25) is 0 Å². The standard InChI is InChI=1S/C12H19NO2/c13-12-4-8-1-9(5-12)3-11(2-8,7-12)6-10(14)15/h8-9H,1-7,13H2,(H,14,15)/t8-,9-,11?,12?/m0/s1. The summed E-state index contributed by atoms with van der Waals surface area (Å²) in [6.45, 7) is 0. The Morgan fingerprint density at radius 1 is 1.27 bits per heavy atom. The smallest absolute Gasteiger partial charge is 0.0956 e. The normalized spacial score (nSPS) is 52.1. The van der Waals surface area contributed by atoms with E-state index in [-0.39, 0.29) is 17.4 Å². The van der Waals surface area contributed by atoms with Gasteiger partial charge in [-0.2, -0.15) is 0 Å². The summed E-state index contributed by atoms with van der Waals surface area (Å²) in [4.78, 5) is 10.9. The first-order chi connectivity index (χ1) is 6.99. The van der Waals surface area contributed by atoms with E-state index in [9.17, 15) is 9.90 Å². The van der Waals surface area contributed by atoms with Gasteiger partial charge in [-0.1, -0.05) is 0 Å². The van der Waals surface area contributed by atoms with Crippen LogP contribution >= 0.6 is 0 Å². The zero-order chi connectivity index (χ0) is 10.7. The minimum Gasteiger partial charge on any atom is -0.550 e. The highest BCUT2D eigenvalue weighted by Crippen LogP contribution is 2.61. The molecule has 0 aliphatic heterocycles. The van der Waals surface area contributed by atoms with E-state index in [1.807, 2.05) is 0 Å². The zero-order valence-electron chi connectivity index (χ0n) is 9.13. The second kappa shape index (κ2) is 2.76. The number of carboxylic acid groups (broad SMARTS) is 1. The Labute approximate surface area is 90.0 Å². The highest BCUT2D eigenvalue weighted by Gasteiger charge is 2.58. The average molecular weight is 209 g/mol. The third kappa shape index (κ3) is 1.48. The number of quaternary nitrogens is 1. The van der Waals surface area contributed by atoms with Crippen LogP contribution in [0.3, 0.4) is 0 Å². The lowest BCUT2D eigenvalue weighted by Gasteiger charge is -2.59. The van der Waals surface area contributed by atoms with Crippen LogP contribution in [-0.4, -0.2) is 11.5 Å². The minimum atomic E-state index is -0.861. The molecule has 4 saturated carbocycles. The van der Waals surface area contributed by atoms with Gasteiger partial charge in [-0.15, -0.1) is 0 Å². The predicted octanol–water partition coefficient (Wildman–Crippen LogP) is -0.293. The number of rotatable bonds is 2. The van der Waals surface area contributed by atoms with Crippen LogP contribution in [0.2, 0.25) is 0 Å². The van der Waals surface area contributed by atoms with Crippen LogP contribution in [-0.2, 0) is 4.79 Å². The predicted molar refractivity (Wildman–Crippen MR) is 52.4 cm³/mol. The summed E-state index contributed by atoms with van der Waals surface area (Å²) in [5, 5.41) is 10.9. The molecule has 2 atom stereocenters. The molecular formula is C12H19NO2. The van der Waals surface area contributed by atoms with Crippen LogP contribution < -0.4 is 10.8 Å². The van der Waals surface area contributed by atoms with Gasteiger partial charge in [0, 0.05) is 25.2 Å². The van der Waals surface area contributed by atoms with Crippen molar-refractivity contribution in [2.24, 2.45) is 17.3 Å². The topological polar surface area (TPSA) is 67.8 Å². The van der Waals surface area contributed by atoms with Gasteiger partial charge >= 0.3 is 0 Å². The molecule has 0 radical (unpaired) electrons. The summed E-state index contributed by atoms with van der Waals surface area (Å²) in [5.41, 5.74) is 4.64. The van der Waals surface area contributed by atoms with Gasteiger partial charge in [0.05, 0.1) is 5.54 Å². The van der Waals surface area contributed by atoms with Crippen LogP contribution in [0.15, 0.2) is 0 Å². The van der Waals surface area contributed by atoms with E-state index in [0.29, 0.717) is 0 Å². The highest BCUT2D eigenvalue weighted by atomic mass is 16.4. The molecule has 0 spiro atoms. The lowest BCUT2D eigenvalue weighted by Crippen LogP contribution is -2.79. The summed E-state index contributed by atoms with van der Waals surface area (Å²) in [7, 11) is 0. The number of hydrogen-bond donors (Lipinski definition) is 1. The molecule has 3 heteroatoms. The van der Waals surface area contributed by atoms with E-state index in [4.69, 9.17) is 0 Å². The number of carbonyl (C=O) groups excluding carboxylic acids is 1. The first kappa shape index (κ1) is 9.64. The molecule has 0 aromatic carbocycles. The average Bonchev–Trinajstić information content (AvgIpc) is 1.94. The summed E-state index contributed by atoms with van der Waals surface area (Å²) in [6, 6.07) is 0. The highest BCUT2D eigenvalue weighted by molar-refractivity contribution is 5.65. The van der Waals surface area contributed by atoms with Crippen molar-refractivity contribution in [3.05, 3.63) is 0 Å². The Morgan fingerprint density at radius 3 is 2.33 bits per heavy atom. The van der Waals surface area contributed by atoms with Crippen LogP contribution in [0.4, 0.5) is 0 Å². The molecule has 0 saturated heterocycles. The summed E-state index contributed by atoms with van der Waals surface area (Å²) in [5.74, 6) is 0.645. The SMILES string of the molecule is [NH3+]C12C[C@H]3C[C@H](C1)CC(CC(=O)[O-])(C3)C2. The molecule has 4 rings (SSSR count). The molecular weight excluding hydrogens is 190 g/mol. The maximum Gasteiger partial charge on any atom is 0.0956 e. The van der Waals surface area contributed by atoms with E-state index < -0.39 is 5.97 Å². The maximum absolute atomic E-state index is 10.9. The molecule has 4 aliphatic carbocycles. The molecule has 0 unspecified atom stereocenters. The van der Waals surface area contributed by atoms with E-state index in [1.54, 1.807) is 0 Å². The van der Waals surface area contributed by atoms with Crippen LogP contribution in [0.25, 0.3) is 0 Å². The fourth-order valence-corrected chi connectivity index (χ4v) is 5.16. The van der Waals surface area contributed by atoms with E-state index in [0.717, 1.165) is 31.1 Å². The Kier molecular flexibility index (Phi) is 1.77. The van der Waals surface area contributed by atoms with Crippen molar-refractivity contribution in [1.29, 1.82) is 0 Å². The first-order valence-corrected chi connectivity index (χ1v) is 6.04. The van der Waals surface area contributed by atoms with E-state index in [1.165, 1.54) is 19.3 Å². The molecule has 0 amide bonds. The summed E-state index contributed by atoms with van der Waals surface area (Å²) >= 11 is 0. The van der Waals surface area contributed by atoms with Crippen molar-refractivity contribution in [2.45, 2.75) is 50.5 Å². The molecule has 15 heavy (non-hydrogen) atoms. The van der Waals surface area contributed by atoms with Crippen molar-refractivity contribution in [3.8, 4) is 0 Å². The van der Waals surface area contributed by atoms with Gasteiger partial charge in [0.15, 0.2) is 0 Å². The second-order valence-corrected chi connectivity index (χ2v) is 6.51. The molecule has 0 heterocycles. The Bertz CT molecular complexity index is 299. The van der Waals surface area contributed by atoms with Gasteiger partial charge in [-0.05, 0) is 42.9 Å². The van der Waals surface area contributed by atoms with Gasteiger partial charge in [0.2, 0.25) is 0 Å². The molecule has 0 aromatic heterocycles. The number of carboxylic acids is 1. The molecule has 3 nitrogen and oxygen atoms in total. The van der Waals surface area contributed by atoms with E-state index in [2.05, 4.69) is 5.73 Å². The molecule has 4 aliphatic rings. The van der Waals surface area contributed by atoms with Gasteiger partial charge in [0.25, 0.3) is 0 Å². The van der Waals surface area contributed by atoms with Crippen molar-refractivity contribution in [2.75, 3.05) is 0 Å². The molecule has 0 aromatic rings. The van der Waals surface area contributed by atoms with Crippen molar-refractivity contribution in [3.63, 3.8) is 0 Å². The third-order valence-corrected chi connectivity index (χ3v) is 4.82. The number of carbonyl (C=O) groups is 1.